The van der Waals surface area contributed by atoms with Gasteiger partial charge in [0.25, 0.3) is 0 Å². The van der Waals surface area contributed by atoms with E-state index in [2.05, 4.69) is 4.98 Å². The van der Waals surface area contributed by atoms with Gasteiger partial charge in [0.15, 0.2) is 0 Å². The van der Waals surface area contributed by atoms with Gasteiger partial charge in [0, 0.05) is 39.0 Å². The number of aliphatic carboxylic acids is 1. The summed E-state index contributed by atoms with van der Waals surface area (Å²) in [4.78, 5) is 43.9. The summed E-state index contributed by atoms with van der Waals surface area (Å²) in [6.07, 6.45) is 7.94. The predicted molar refractivity (Wildman–Crippen MR) is 88.7 cm³/mol. The number of hydrogen-bond acceptors (Lipinski definition) is 4. The van der Waals surface area contributed by atoms with Crippen molar-refractivity contribution in [1.29, 1.82) is 0 Å². The summed E-state index contributed by atoms with van der Waals surface area (Å²) >= 11 is 0. The maximum Gasteiger partial charge on any atom is 0.330 e. The first-order chi connectivity index (χ1) is 12.0. The van der Waals surface area contributed by atoms with E-state index in [9.17, 15) is 19.5 Å². The molecule has 2 saturated heterocycles. The highest BCUT2D eigenvalue weighted by Gasteiger charge is 2.45. The van der Waals surface area contributed by atoms with Crippen LogP contribution >= 0.6 is 0 Å². The Bertz CT molecular complexity index is 650. The van der Waals surface area contributed by atoms with Gasteiger partial charge < -0.3 is 19.5 Å². The van der Waals surface area contributed by atoms with Gasteiger partial charge in [-0.3, -0.25) is 9.59 Å². The van der Waals surface area contributed by atoms with Crippen LogP contribution in [0.25, 0.3) is 0 Å². The number of hydrogen-bond donors (Lipinski definition) is 1. The predicted octanol–water partition coefficient (Wildman–Crippen LogP) is 0.686. The third-order valence-corrected chi connectivity index (χ3v) is 5.49. The zero-order valence-electron chi connectivity index (χ0n) is 14.4. The molecular formula is C17H24N4O4. The van der Waals surface area contributed by atoms with Crippen LogP contribution in [0.2, 0.25) is 0 Å². The topological polar surface area (TPSA) is 95.7 Å². The zero-order chi connectivity index (χ0) is 18.0. The van der Waals surface area contributed by atoms with Crippen LogP contribution in [0.15, 0.2) is 18.7 Å². The van der Waals surface area contributed by atoms with Crippen LogP contribution in [0.3, 0.4) is 0 Å². The van der Waals surface area contributed by atoms with E-state index in [0.29, 0.717) is 38.9 Å². The minimum Gasteiger partial charge on any atom is -0.479 e. The molecule has 3 heterocycles. The molecule has 0 aliphatic carbocycles. The Labute approximate surface area is 146 Å². The van der Waals surface area contributed by atoms with Crippen molar-refractivity contribution in [3.63, 3.8) is 0 Å². The monoisotopic (exact) mass is 348 g/mol. The fourth-order valence-electron chi connectivity index (χ4n) is 3.97. The molecule has 1 atom stereocenters. The van der Waals surface area contributed by atoms with E-state index in [4.69, 9.17) is 0 Å². The van der Waals surface area contributed by atoms with Crippen LogP contribution in [-0.4, -0.2) is 67.9 Å². The Morgan fingerprint density at radius 3 is 2.44 bits per heavy atom. The maximum atomic E-state index is 12.9. The molecule has 1 aromatic rings. The summed E-state index contributed by atoms with van der Waals surface area (Å²) in [6.45, 7) is 2.85. The maximum absolute atomic E-state index is 12.9. The lowest BCUT2D eigenvalue weighted by Gasteiger charge is -2.42. The summed E-state index contributed by atoms with van der Waals surface area (Å²) in [5, 5.41) is 9.74. The Morgan fingerprint density at radius 1 is 1.16 bits per heavy atom. The van der Waals surface area contributed by atoms with Gasteiger partial charge in [-0.05, 0) is 32.1 Å². The average Bonchev–Trinajstić information content (AvgIpc) is 3.16. The fourth-order valence-corrected chi connectivity index (χ4v) is 3.97. The van der Waals surface area contributed by atoms with Gasteiger partial charge in [-0.25, -0.2) is 9.78 Å². The number of aromatic nitrogens is 2. The lowest BCUT2D eigenvalue weighted by Crippen LogP contribution is -2.57. The number of carboxylic acid groups (broad SMARTS) is 1. The molecule has 2 aliphatic heterocycles. The second-order valence-electron chi connectivity index (χ2n) is 6.86. The van der Waals surface area contributed by atoms with Gasteiger partial charge in [0.1, 0.15) is 11.6 Å². The van der Waals surface area contributed by atoms with Crippen molar-refractivity contribution in [3.05, 3.63) is 18.7 Å². The van der Waals surface area contributed by atoms with Gasteiger partial charge >= 0.3 is 5.97 Å². The summed E-state index contributed by atoms with van der Waals surface area (Å²) in [6, 6.07) is -0.406. The first-order valence-corrected chi connectivity index (χ1v) is 8.73. The van der Waals surface area contributed by atoms with Gasteiger partial charge in [-0.15, -0.1) is 0 Å². The smallest absolute Gasteiger partial charge is 0.330 e. The highest BCUT2D eigenvalue weighted by atomic mass is 16.4. The van der Waals surface area contributed by atoms with E-state index >= 15 is 0 Å². The highest BCUT2D eigenvalue weighted by molar-refractivity contribution is 5.87. The molecular weight excluding hydrogens is 324 g/mol. The summed E-state index contributed by atoms with van der Waals surface area (Å²) in [5.41, 5.74) is -1.06. The van der Waals surface area contributed by atoms with Crippen LogP contribution < -0.4 is 0 Å². The van der Waals surface area contributed by atoms with Crippen molar-refractivity contribution in [1.82, 2.24) is 19.4 Å². The van der Waals surface area contributed by atoms with E-state index in [0.717, 1.165) is 12.8 Å². The molecule has 136 valence electrons. The highest BCUT2D eigenvalue weighted by Crippen LogP contribution is 2.31. The number of likely N-dealkylation sites (tertiary alicyclic amines) is 2. The number of carboxylic acids is 1. The molecule has 1 N–H and O–H groups in total. The molecule has 25 heavy (non-hydrogen) atoms. The van der Waals surface area contributed by atoms with Gasteiger partial charge in [0.2, 0.25) is 11.8 Å². The van der Waals surface area contributed by atoms with Crippen molar-refractivity contribution in [2.24, 2.45) is 0 Å². The van der Waals surface area contributed by atoms with Gasteiger partial charge in [-0.2, -0.15) is 0 Å². The third-order valence-electron chi connectivity index (χ3n) is 5.49. The molecule has 8 nitrogen and oxygen atoms in total. The van der Waals surface area contributed by atoms with E-state index in [1.165, 1.54) is 13.3 Å². The Morgan fingerprint density at radius 2 is 1.88 bits per heavy atom. The second-order valence-corrected chi connectivity index (χ2v) is 6.86. The summed E-state index contributed by atoms with van der Waals surface area (Å²) in [5.74, 6) is -1.03. The normalized spacial score (nSPS) is 23.3. The van der Waals surface area contributed by atoms with Crippen LogP contribution in [0.4, 0.5) is 0 Å². The van der Waals surface area contributed by atoms with E-state index in [-0.39, 0.29) is 11.8 Å². The largest absolute Gasteiger partial charge is 0.479 e. The standard InChI is InChI=1S/C17H24N4O4/c1-13(22)21-8-3-2-4-14(21)15(23)19-9-5-17(6-10-19,16(24)25)20-11-7-18-12-20/h7,11-12,14H,2-6,8-10H2,1H3,(H,24,25)/t14-/m0/s1. The number of imidazole rings is 1. The molecule has 0 radical (unpaired) electrons. The van der Waals surface area contributed by atoms with Crippen molar-refractivity contribution >= 4 is 17.8 Å². The summed E-state index contributed by atoms with van der Waals surface area (Å²) < 4.78 is 1.62. The number of nitrogens with zero attached hydrogens (tertiary/aromatic N) is 4. The number of carbonyl (C=O) groups excluding carboxylic acids is 2. The van der Waals surface area contributed by atoms with Crippen LogP contribution in [0.5, 0.6) is 0 Å². The van der Waals surface area contributed by atoms with Gasteiger partial charge in [0.05, 0.1) is 6.33 Å². The first-order valence-electron chi connectivity index (χ1n) is 8.73. The quantitative estimate of drug-likeness (QED) is 0.867. The number of piperidine rings is 2. The SMILES string of the molecule is CC(=O)N1CCCC[C@H]1C(=O)N1CCC(C(=O)O)(n2ccnc2)CC1. The summed E-state index contributed by atoms with van der Waals surface area (Å²) in [7, 11) is 0. The molecule has 0 aromatic carbocycles. The van der Waals surface area contributed by atoms with Crippen molar-refractivity contribution in [2.75, 3.05) is 19.6 Å². The molecule has 0 spiro atoms. The molecule has 0 unspecified atom stereocenters. The first kappa shape index (κ1) is 17.4. The molecule has 2 fully saturated rings. The molecule has 1 aromatic heterocycles. The molecule has 0 saturated carbocycles. The Balaban J connectivity index is 1.72. The zero-order valence-corrected chi connectivity index (χ0v) is 14.4. The van der Waals surface area contributed by atoms with Crippen molar-refractivity contribution in [2.45, 2.75) is 50.6 Å². The van der Waals surface area contributed by atoms with Crippen LogP contribution in [0.1, 0.15) is 39.0 Å². The number of amides is 2. The van der Waals surface area contributed by atoms with E-state index in [1.54, 1.807) is 26.8 Å². The van der Waals surface area contributed by atoms with Crippen molar-refractivity contribution < 1.29 is 19.5 Å². The lowest BCUT2D eigenvalue weighted by molar-refractivity contribution is -0.155. The second kappa shape index (κ2) is 6.85. The molecule has 2 amide bonds. The molecule has 8 heteroatoms. The minimum absolute atomic E-state index is 0.0560. The van der Waals surface area contributed by atoms with Crippen molar-refractivity contribution in [3.8, 4) is 0 Å². The van der Waals surface area contributed by atoms with Crippen LogP contribution in [-0.2, 0) is 19.9 Å². The number of rotatable bonds is 3. The molecule has 3 rings (SSSR count). The average molecular weight is 348 g/mol. The lowest BCUT2D eigenvalue weighted by atomic mass is 9.86. The van der Waals surface area contributed by atoms with Gasteiger partial charge in [-0.1, -0.05) is 0 Å². The minimum atomic E-state index is -1.06. The fraction of sp³-hybridized carbons (Fsp3) is 0.647. The van der Waals surface area contributed by atoms with E-state index in [1.807, 2.05) is 0 Å². The molecule has 2 aliphatic rings. The van der Waals surface area contributed by atoms with E-state index < -0.39 is 17.6 Å². The third kappa shape index (κ3) is 3.12. The Hall–Kier alpha value is -2.38. The molecule has 0 bridgehead atoms. The van der Waals surface area contributed by atoms with Crippen LogP contribution in [0, 0.1) is 0 Å². The Kier molecular flexibility index (Phi) is 4.78. The number of carbonyl (C=O) groups is 3.